The second kappa shape index (κ2) is 5.54. The van der Waals surface area contributed by atoms with E-state index in [-0.39, 0.29) is 0 Å². The lowest BCUT2D eigenvalue weighted by Gasteiger charge is -2.35. The average molecular weight is 302 g/mol. The Morgan fingerprint density at radius 3 is 2.84 bits per heavy atom. The lowest BCUT2D eigenvalue weighted by Crippen LogP contribution is -2.47. The molecular formula is C11H18N4O2S2. The Balaban J connectivity index is 2.44. The van der Waals surface area contributed by atoms with E-state index in [4.69, 9.17) is 0 Å². The van der Waals surface area contributed by atoms with Gasteiger partial charge in [-0.25, -0.2) is 18.4 Å². The quantitative estimate of drug-likeness (QED) is 0.883. The molecule has 0 spiro atoms. The molecule has 106 valence electrons. The van der Waals surface area contributed by atoms with Crippen molar-refractivity contribution in [3.8, 4) is 0 Å². The van der Waals surface area contributed by atoms with Crippen LogP contribution in [0.4, 0.5) is 11.6 Å². The number of rotatable bonds is 3. The normalized spacial score (nSPS) is 20.4. The molecule has 1 aliphatic rings. The van der Waals surface area contributed by atoms with Crippen LogP contribution < -0.4 is 10.2 Å². The Kier molecular flexibility index (Phi) is 4.19. The number of thioether (sulfide) groups is 1. The van der Waals surface area contributed by atoms with Crippen molar-refractivity contribution in [2.75, 3.05) is 41.6 Å². The first-order chi connectivity index (χ1) is 8.95. The van der Waals surface area contributed by atoms with Crippen molar-refractivity contribution in [2.45, 2.75) is 12.3 Å². The fourth-order valence-electron chi connectivity index (χ4n) is 2.16. The highest BCUT2D eigenvalue weighted by Crippen LogP contribution is 2.29. The number of anilines is 2. The minimum absolute atomic E-state index is 0.510. The number of nitrogens with one attached hydrogen (secondary N) is 1. The maximum atomic E-state index is 11.9. The fourth-order valence-corrected chi connectivity index (χ4v) is 4.98. The molecule has 0 bridgehead atoms. The summed E-state index contributed by atoms with van der Waals surface area (Å²) >= 11 is 1.66. The molecule has 6 nitrogen and oxygen atoms in total. The van der Waals surface area contributed by atoms with Crippen molar-refractivity contribution in [2.24, 2.45) is 0 Å². The highest BCUT2D eigenvalue weighted by molar-refractivity contribution is 8.01. The summed E-state index contributed by atoms with van der Waals surface area (Å²) in [5.74, 6) is 2.92. The molecule has 1 unspecified atom stereocenters. The molecular weight excluding hydrogens is 284 g/mol. The molecule has 0 aliphatic carbocycles. The van der Waals surface area contributed by atoms with E-state index >= 15 is 0 Å². The van der Waals surface area contributed by atoms with Gasteiger partial charge in [0.1, 0.15) is 23.3 Å². The highest BCUT2D eigenvalue weighted by atomic mass is 32.2. The molecule has 1 fully saturated rings. The van der Waals surface area contributed by atoms with Gasteiger partial charge in [-0.3, -0.25) is 0 Å². The molecule has 19 heavy (non-hydrogen) atoms. The van der Waals surface area contributed by atoms with Crippen molar-refractivity contribution in [1.29, 1.82) is 0 Å². The fraction of sp³-hybridized carbons (Fsp3) is 0.636. The van der Waals surface area contributed by atoms with E-state index < -0.39 is 15.2 Å². The minimum Gasteiger partial charge on any atom is -0.373 e. The SMILES string of the molecule is CNc1ncnc(N2CCSCC2S(C)(=O)=O)c1C. The van der Waals surface area contributed by atoms with Crippen LogP contribution in [0.2, 0.25) is 0 Å². The highest BCUT2D eigenvalue weighted by Gasteiger charge is 2.33. The third-order valence-corrected chi connectivity index (χ3v) is 5.79. The number of hydrogen-bond acceptors (Lipinski definition) is 7. The van der Waals surface area contributed by atoms with Crippen LogP contribution in [-0.2, 0) is 9.84 Å². The van der Waals surface area contributed by atoms with Gasteiger partial charge in [-0.2, -0.15) is 11.8 Å². The molecule has 8 heteroatoms. The summed E-state index contributed by atoms with van der Waals surface area (Å²) in [5.41, 5.74) is 0.880. The predicted molar refractivity (Wildman–Crippen MR) is 79.6 cm³/mol. The Morgan fingerprint density at radius 1 is 1.47 bits per heavy atom. The smallest absolute Gasteiger partial charge is 0.169 e. The van der Waals surface area contributed by atoms with Crippen LogP contribution in [0, 0.1) is 6.92 Å². The van der Waals surface area contributed by atoms with Gasteiger partial charge in [0, 0.05) is 36.9 Å². The summed E-state index contributed by atoms with van der Waals surface area (Å²) < 4.78 is 23.8. The van der Waals surface area contributed by atoms with Gasteiger partial charge in [0.05, 0.1) is 0 Å². The Morgan fingerprint density at radius 2 is 2.21 bits per heavy atom. The zero-order chi connectivity index (χ0) is 14.0. The van der Waals surface area contributed by atoms with Crippen molar-refractivity contribution in [3.63, 3.8) is 0 Å². The standard InChI is InChI=1S/C11H18N4O2S2/c1-8-10(12-2)13-7-14-11(8)15-4-5-18-6-9(15)19(3,16)17/h7,9H,4-6H2,1-3H3,(H,12,13,14). The molecule has 1 aliphatic heterocycles. The van der Waals surface area contributed by atoms with Crippen LogP contribution in [-0.4, -0.2) is 55.1 Å². The number of nitrogens with zero attached hydrogens (tertiary/aromatic N) is 3. The molecule has 1 atom stereocenters. The lowest BCUT2D eigenvalue weighted by molar-refractivity contribution is 0.583. The van der Waals surface area contributed by atoms with Crippen LogP contribution in [0.3, 0.4) is 0 Å². The predicted octanol–water partition coefficient (Wildman–Crippen LogP) is 0.751. The maximum absolute atomic E-state index is 11.9. The first kappa shape index (κ1) is 14.4. The second-order valence-electron chi connectivity index (χ2n) is 4.47. The van der Waals surface area contributed by atoms with E-state index in [1.54, 1.807) is 18.8 Å². The molecule has 1 N–H and O–H groups in total. The van der Waals surface area contributed by atoms with Crippen molar-refractivity contribution < 1.29 is 8.42 Å². The molecule has 1 aromatic rings. The molecule has 0 radical (unpaired) electrons. The van der Waals surface area contributed by atoms with Crippen LogP contribution >= 0.6 is 11.8 Å². The minimum atomic E-state index is -3.14. The monoisotopic (exact) mass is 302 g/mol. The molecule has 0 saturated carbocycles. The third-order valence-electron chi connectivity index (χ3n) is 3.15. The molecule has 2 rings (SSSR count). The van der Waals surface area contributed by atoms with E-state index in [1.165, 1.54) is 12.6 Å². The van der Waals surface area contributed by atoms with E-state index in [1.807, 2.05) is 11.8 Å². The van der Waals surface area contributed by atoms with Crippen LogP contribution in [0.5, 0.6) is 0 Å². The van der Waals surface area contributed by atoms with Gasteiger partial charge >= 0.3 is 0 Å². The first-order valence-electron chi connectivity index (χ1n) is 5.97. The zero-order valence-corrected chi connectivity index (χ0v) is 12.9. The van der Waals surface area contributed by atoms with Gasteiger partial charge in [-0.05, 0) is 6.92 Å². The van der Waals surface area contributed by atoms with Crippen LogP contribution in [0.15, 0.2) is 6.33 Å². The van der Waals surface area contributed by atoms with Gasteiger partial charge in [0.25, 0.3) is 0 Å². The van der Waals surface area contributed by atoms with Crippen LogP contribution in [0.1, 0.15) is 5.56 Å². The van der Waals surface area contributed by atoms with Gasteiger partial charge in [0.2, 0.25) is 0 Å². The van der Waals surface area contributed by atoms with Crippen molar-refractivity contribution in [3.05, 3.63) is 11.9 Å². The number of aromatic nitrogens is 2. The van der Waals surface area contributed by atoms with E-state index in [9.17, 15) is 8.42 Å². The second-order valence-corrected chi connectivity index (χ2v) is 7.83. The summed E-state index contributed by atoms with van der Waals surface area (Å²) in [4.78, 5) is 10.3. The van der Waals surface area contributed by atoms with Crippen LogP contribution in [0.25, 0.3) is 0 Å². The summed E-state index contributed by atoms with van der Waals surface area (Å²) in [5, 5.41) is 2.49. The third kappa shape index (κ3) is 2.94. The Labute approximate surface area is 117 Å². The summed E-state index contributed by atoms with van der Waals surface area (Å²) in [6.45, 7) is 2.59. The molecule has 1 aromatic heterocycles. The summed E-state index contributed by atoms with van der Waals surface area (Å²) in [7, 11) is -1.34. The zero-order valence-electron chi connectivity index (χ0n) is 11.3. The average Bonchev–Trinajstić information content (AvgIpc) is 2.38. The lowest BCUT2D eigenvalue weighted by atomic mass is 10.3. The Hall–Kier alpha value is -1.02. The largest absolute Gasteiger partial charge is 0.373 e. The van der Waals surface area contributed by atoms with E-state index in [0.717, 1.165) is 17.1 Å². The maximum Gasteiger partial charge on any atom is 0.169 e. The molecule has 1 saturated heterocycles. The first-order valence-corrected chi connectivity index (χ1v) is 9.08. The number of sulfone groups is 1. The molecule has 0 amide bonds. The topological polar surface area (TPSA) is 75.2 Å². The van der Waals surface area contributed by atoms with Gasteiger partial charge < -0.3 is 10.2 Å². The van der Waals surface area contributed by atoms with Gasteiger partial charge in [0.15, 0.2) is 9.84 Å². The molecule has 2 heterocycles. The van der Waals surface area contributed by atoms with Gasteiger partial charge in [-0.15, -0.1) is 0 Å². The molecule has 0 aromatic carbocycles. The Bertz CT molecular complexity index is 562. The summed E-state index contributed by atoms with van der Waals surface area (Å²) in [6, 6.07) is 0. The number of hydrogen-bond donors (Lipinski definition) is 1. The van der Waals surface area contributed by atoms with Crippen molar-refractivity contribution in [1.82, 2.24) is 9.97 Å². The van der Waals surface area contributed by atoms with Gasteiger partial charge in [-0.1, -0.05) is 0 Å². The van der Waals surface area contributed by atoms with E-state index in [2.05, 4.69) is 15.3 Å². The summed E-state index contributed by atoms with van der Waals surface area (Å²) in [6.07, 6.45) is 2.75. The van der Waals surface area contributed by atoms with Crippen molar-refractivity contribution >= 4 is 33.2 Å². The van der Waals surface area contributed by atoms with E-state index in [0.29, 0.717) is 18.1 Å².